The van der Waals surface area contributed by atoms with Crippen molar-refractivity contribution in [3.8, 4) is 16.9 Å². The third-order valence-electron chi connectivity index (χ3n) is 3.31. The van der Waals surface area contributed by atoms with Crippen molar-refractivity contribution in [2.45, 2.75) is 0 Å². The summed E-state index contributed by atoms with van der Waals surface area (Å²) >= 11 is 5.54. The number of aryl methyl sites for hydroxylation is 1. The topological polar surface area (TPSA) is 25.2 Å². The Morgan fingerprint density at radius 1 is 1.00 bits per heavy atom. The molecule has 0 radical (unpaired) electrons. The maximum Gasteiger partial charge on any atom is 0.115 e. The molecular formula is C16H13NOS. The van der Waals surface area contributed by atoms with E-state index in [1.54, 1.807) is 12.1 Å². The summed E-state index contributed by atoms with van der Waals surface area (Å²) < 4.78 is 2.82. The van der Waals surface area contributed by atoms with Crippen molar-refractivity contribution in [3.63, 3.8) is 0 Å². The van der Waals surface area contributed by atoms with Crippen LogP contribution in [0.5, 0.6) is 5.75 Å². The van der Waals surface area contributed by atoms with Gasteiger partial charge in [0.25, 0.3) is 0 Å². The third-order valence-corrected chi connectivity index (χ3v) is 3.81. The normalized spacial score (nSPS) is 10.8. The maximum absolute atomic E-state index is 9.37. The SMILES string of the molecule is Cn1c(=S)c(-c2ccc(O)cc2)cc2ccccc21. The van der Waals surface area contributed by atoms with Crippen molar-refractivity contribution in [2.24, 2.45) is 7.05 Å². The first-order chi connectivity index (χ1) is 9.16. The Labute approximate surface area is 116 Å². The van der Waals surface area contributed by atoms with Crippen molar-refractivity contribution in [1.82, 2.24) is 4.57 Å². The van der Waals surface area contributed by atoms with Gasteiger partial charge in [-0.2, -0.15) is 0 Å². The van der Waals surface area contributed by atoms with Crippen LogP contribution in [-0.2, 0) is 7.05 Å². The highest BCUT2D eigenvalue weighted by Crippen LogP contribution is 2.27. The average Bonchev–Trinajstić information content (AvgIpc) is 2.44. The average molecular weight is 267 g/mol. The number of aromatic hydroxyl groups is 1. The van der Waals surface area contributed by atoms with Crippen molar-refractivity contribution < 1.29 is 5.11 Å². The highest BCUT2D eigenvalue weighted by molar-refractivity contribution is 7.71. The van der Waals surface area contributed by atoms with Gasteiger partial charge in [0.05, 0.1) is 0 Å². The molecule has 3 aromatic rings. The summed E-state index contributed by atoms with van der Waals surface area (Å²) in [6, 6.07) is 17.4. The second kappa shape index (κ2) is 4.52. The van der Waals surface area contributed by atoms with E-state index in [1.165, 1.54) is 0 Å². The largest absolute Gasteiger partial charge is 0.508 e. The summed E-state index contributed by atoms with van der Waals surface area (Å²) in [5, 5.41) is 10.5. The fraction of sp³-hybridized carbons (Fsp3) is 0.0625. The molecule has 3 rings (SSSR count). The number of aromatic nitrogens is 1. The summed E-state index contributed by atoms with van der Waals surface area (Å²) in [5.41, 5.74) is 3.15. The van der Waals surface area contributed by atoms with E-state index in [0.717, 1.165) is 26.7 Å². The lowest BCUT2D eigenvalue weighted by Gasteiger charge is -2.10. The standard InChI is InChI=1S/C16H13NOS/c1-17-15-5-3-2-4-12(15)10-14(16(17)19)11-6-8-13(18)9-7-11/h2-10,18H,1H3. The van der Waals surface area contributed by atoms with E-state index < -0.39 is 0 Å². The lowest BCUT2D eigenvalue weighted by Crippen LogP contribution is -1.97. The summed E-state index contributed by atoms with van der Waals surface area (Å²) in [6.45, 7) is 0. The summed E-state index contributed by atoms with van der Waals surface area (Å²) in [5.74, 6) is 0.264. The quantitative estimate of drug-likeness (QED) is 0.666. The van der Waals surface area contributed by atoms with Gasteiger partial charge in [-0.05, 0) is 35.2 Å². The number of phenolic OH excluding ortho intramolecular Hbond substituents is 1. The van der Waals surface area contributed by atoms with E-state index in [2.05, 4.69) is 18.2 Å². The first kappa shape index (κ1) is 11.9. The van der Waals surface area contributed by atoms with E-state index in [-0.39, 0.29) is 5.75 Å². The Morgan fingerprint density at radius 3 is 2.42 bits per heavy atom. The van der Waals surface area contributed by atoms with Crippen molar-refractivity contribution in [2.75, 3.05) is 0 Å². The molecule has 0 spiro atoms. The van der Waals surface area contributed by atoms with E-state index in [4.69, 9.17) is 12.2 Å². The van der Waals surface area contributed by atoms with Gasteiger partial charge in [-0.3, -0.25) is 0 Å². The van der Waals surface area contributed by atoms with Crippen LogP contribution < -0.4 is 0 Å². The van der Waals surface area contributed by atoms with Crippen LogP contribution in [0.25, 0.3) is 22.0 Å². The highest BCUT2D eigenvalue weighted by atomic mass is 32.1. The number of pyridine rings is 1. The van der Waals surface area contributed by atoms with Gasteiger partial charge >= 0.3 is 0 Å². The fourth-order valence-corrected chi connectivity index (χ4v) is 2.55. The summed E-state index contributed by atoms with van der Waals surface area (Å²) in [7, 11) is 1.98. The molecule has 1 aromatic heterocycles. The number of rotatable bonds is 1. The summed E-state index contributed by atoms with van der Waals surface area (Å²) in [4.78, 5) is 0. The molecule has 0 atom stereocenters. The molecule has 0 saturated carbocycles. The monoisotopic (exact) mass is 267 g/mol. The molecule has 19 heavy (non-hydrogen) atoms. The molecule has 0 aliphatic carbocycles. The highest BCUT2D eigenvalue weighted by Gasteiger charge is 2.05. The first-order valence-corrected chi connectivity index (χ1v) is 6.46. The molecule has 0 unspecified atom stereocenters. The first-order valence-electron chi connectivity index (χ1n) is 6.05. The lowest BCUT2D eigenvalue weighted by atomic mass is 10.0. The van der Waals surface area contributed by atoms with Gasteiger partial charge in [0, 0.05) is 18.1 Å². The molecule has 0 aliphatic rings. The Hall–Kier alpha value is -2.13. The van der Waals surface area contributed by atoms with Crippen molar-refractivity contribution >= 4 is 23.1 Å². The van der Waals surface area contributed by atoms with E-state index >= 15 is 0 Å². The van der Waals surface area contributed by atoms with Crippen molar-refractivity contribution in [3.05, 3.63) is 59.2 Å². The molecule has 2 nitrogen and oxygen atoms in total. The van der Waals surface area contributed by atoms with E-state index in [1.807, 2.05) is 35.9 Å². The minimum Gasteiger partial charge on any atom is -0.508 e. The third kappa shape index (κ3) is 2.02. The molecule has 94 valence electrons. The Morgan fingerprint density at radius 2 is 1.68 bits per heavy atom. The molecule has 1 N–H and O–H groups in total. The van der Waals surface area contributed by atoms with Gasteiger partial charge in [-0.15, -0.1) is 0 Å². The zero-order valence-electron chi connectivity index (χ0n) is 10.5. The second-order valence-electron chi connectivity index (χ2n) is 4.53. The number of hydrogen-bond acceptors (Lipinski definition) is 2. The van der Waals surface area contributed by atoms with E-state index in [9.17, 15) is 5.11 Å². The molecule has 0 aliphatic heterocycles. The van der Waals surface area contributed by atoms with E-state index in [0.29, 0.717) is 0 Å². The van der Waals surface area contributed by atoms with Crippen LogP contribution in [0, 0.1) is 4.64 Å². The van der Waals surface area contributed by atoms with Crippen LogP contribution in [-0.4, -0.2) is 9.67 Å². The number of benzene rings is 2. The van der Waals surface area contributed by atoms with Crippen LogP contribution in [0.15, 0.2) is 54.6 Å². The van der Waals surface area contributed by atoms with Gasteiger partial charge in [-0.1, -0.05) is 42.5 Å². The minimum absolute atomic E-state index is 0.264. The molecule has 1 heterocycles. The van der Waals surface area contributed by atoms with Crippen LogP contribution in [0.2, 0.25) is 0 Å². The molecule has 0 bridgehead atoms. The summed E-state index contributed by atoms with van der Waals surface area (Å²) in [6.07, 6.45) is 0. The Kier molecular flexibility index (Phi) is 2.84. The Bertz CT molecular complexity index is 803. The van der Waals surface area contributed by atoms with Gasteiger partial charge in [0.2, 0.25) is 0 Å². The molecular weight excluding hydrogens is 254 g/mol. The second-order valence-corrected chi connectivity index (χ2v) is 4.91. The minimum atomic E-state index is 0.264. The van der Waals surface area contributed by atoms with Crippen LogP contribution in [0.3, 0.4) is 0 Å². The predicted molar refractivity (Wildman–Crippen MR) is 80.9 cm³/mol. The number of para-hydroxylation sites is 1. The van der Waals surface area contributed by atoms with Crippen LogP contribution >= 0.6 is 12.2 Å². The molecule has 0 fully saturated rings. The van der Waals surface area contributed by atoms with Gasteiger partial charge in [0.15, 0.2) is 0 Å². The molecule has 3 heteroatoms. The lowest BCUT2D eigenvalue weighted by molar-refractivity contribution is 0.475. The zero-order valence-corrected chi connectivity index (χ0v) is 11.3. The smallest absolute Gasteiger partial charge is 0.115 e. The van der Waals surface area contributed by atoms with Crippen LogP contribution in [0.1, 0.15) is 0 Å². The van der Waals surface area contributed by atoms with Gasteiger partial charge in [-0.25, -0.2) is 0 Å². The molecule has 2 aromatic carbocycles. The number of phenols is 1. The van der Waals surface area contributed by atoms with Crippen LogP contribution in [0.4, 0.5) is 0 Å². The zero-order chi connectivity index (χ0) is 13.4. The molecule has 0 saturated heterocycles. The van der Waals surface area contributed by atoms with Gasteiger partial charge in [0.1, 0.15) is 10.4 Å². The molecule has 0 amide bonds. The predicted octanol–water partition coefficient (Wildman–Crippen LogP) is 4.28. The maximum atomic E-state index is 9.37. The Balaban J connectivity index is 2.33. The van der Waals surface area contributed by atoms with Crippen molar-refractivity contribution in [1.29, 1.82) is 0 Å². The fourth-order valence-electron chi connectivity index (χ4n) is 2.27. The van der Waals surface area contributed by atoms with Gasteiger partial charge < -0.3 is 9.67 Å². The number of hydrogen-bond donors (Lipinski definition) is 1. The number of fused-ring (bicyclic) bond motifs is 1. The number of nitrogens with zero attached hydrogens (tertiary/aromatic N) is 1.